The molecule has 184 valence electrons. The van der Waals surface area contributed by atoms with Crippen molar-refractivity contribution >= 4 is 29.8 Å². The summed E-state index contributed by atoms with van der Waals surface area (Å²) in [6.07, 6.45) is 1.38. The normalized spacial score (nSPS) is 12.5. The lowest BCUT2D eigenvalue weighted by molar-refractivity contribution is -0.134. The number of benzene rings is 3. The summed E-state index contributed by atoms with van der Waals surface area (Å²) in [5, 5.41) is 12.2. The van der Waals surface area contributed by atoms with Crippen LogP contribution in [-0.4, -0.2) is 42.2 Å². The second-order valence-electron chi connectivity index (χ2n) is 7.96. The number of nitrogens with one attached hydrogen (secondary N) is 1. The highest BCUT2D eigenvalue weighted by molar-refractivity contribution is 6.22. The molecule has 0 aliphatic carbocycles. The van der Waals surface area contributed by atoms with E-state index in [-0.39, 0.29) is 34.7 Å². The highest BCUT2D eigenvalue weighted by Crippen LogP contribution is 2.30. The van der Waals surface area contributed by atoms with Crippen LogP contribution in [0.15, 0.2) is 78.4 Å². The Kier molecular flexibility index (Phi) is 7.40. The fourth-order valence-corrected chi connectivity index (χ4v) is 3.71. The summed E-state index contributed by atoms with van der Waals surface area (Å²) in [7, 11) is 1.36. The highest BCUT2D eigenvalue weighted by Gasteiger charge is 2.36. The molecule has 1 N–H and O–H groups in total. The van der Waals surface area contributed by atoms with E-state index >= 15 is 0 Å². The van der Waals surface area contributed by atoms with E-state index in [4.69, 9.17) is 9.47 Å². The Morgan fingerprint density at radius 2 is 1.59 bits per heavy atom. The van der Waals surface area contributed by atoms with Crippen LogP contribution in [-0.2, 0) is 16.1 Å². The molecule has 0 spiro atoms. The molecule has 9 nitrogen and oxygen atoms in total. The van der Waals surface area contributed by atoms with Crippen molar-refractivity contribution in [1.82, 2.24) is 10.2 Å². The second-order valence-corrected chi connectivity index (χ2v) is 7.96. The number of fused-ring (bicyclic) bond motifs is 1. The molecule has 1 heterocycles. The minimum Gasteiger partial charge on any atom is -0.493 e. The molecular formula is C28H21N3O6. The molecule has 0 saturated heterocycles. The Hall–Kier alpha value is -5.23. The fourth-order valence-electron chi connectivity index (χ4n) is 3.71. The SMILES string of the molecule is COc1cc(C=C(C#N)C(=O)NCc2ccccc2)ccc1OC(=O)CN1C(=O)c2ccccc2C1=O. The monoisotopic (exact) mass is 495 g/mol. The number of ether oxygens (including phenoxy) is 2. The molecule has 3 aromatic rings. The average Bonchev–Trinajstić information content (AvgIpc) is 3.16. The predicted octanol–water partition coefficient (Wildman–Crippen LogP) is 3.12. The summed E-state index contributed by atoms with van der Waals surface area (Å²) in [5.41, 5.74) is 1.70. The maximum absolute atomic E-state index is 12.5. The molecule has 9 heteroatoms. The number of carbonyl (C=O) groups excluding carboxylic acids is 4. The summed E-state index contributed by atoms with van der Waals surface area (Å²) in [6.45, 7) is -0.304. The first kappa shape index (κ1) is 24.9. The van der Waals surface area contributed by atoms with Crippen molar-refractivity contribution in [2.24, 2.45) is 0 Å². The maximum atomic E-state index is 12.5. The molecule has 0 unspecified atom stereocenters. The summed E-state index contributed by atoms with van der Waals surface area (Å²) < 4.78 is 10.6. The molecule has 3 aromatic carbocycles. The molecule has 1 aliphatic rings. The number of hydrogen-bond donors (Lipinski definition) is 1. The van der Waals surface area contributed by atoms with Crippen LogP contribution in [0, 0.1) is 11.3 Å². The van der Waals surface area contributed by atoms with Gasteiger partial charge in [0.15, 0.2) is 11.5 Å². The van der Waals surface area contributed by atoms with Crippen LogP contribution in [0.3, 0.4) is 0 Å². The summed E-state index contributed by atoms with van der Waals surface area (Å²) >= 11 is 0. The lowest BCUT2D eigenvalue weighted by atomic mass is 10.1. The van der Waals surface area contributed by atoms with Crippen LogP contribution >= 0.6 is 0 Å². The van der Waals surface area contributed by atoms with E-state index in [9.17, 15) is 24.4 Å². The molecule has 37 heavy (non-hydrogen) atoms. The first-order chi connectivity index (χ1) is 17.9. The van der Waals surface area contributed by atoms with Gasteiger partial charge < -0.3 is 14.8 Å². The predicted molar refractivity (Wildman–Crippen MR) is 132 cm³/mol. The lowest BCUT2D eigenvalue weighted by Gasteiger charge is -2.14. The molecule has 0 radical (unpaired) electrons. The first-order valence-corrected chi connectivity index (χ1v) is 11.2. The standard InChI is InChI=1S/C28H21N3O6/c1-36-24-14-19(13-20(15-29)26(33)30-16-18-7-3-2-4-8-18)11-12-23(24)37-25(32)17-31-27(34)21-9-5-6-10-22(21)28(31)35/h2-14H,16-17H2,1H3,(H,30,33). The van der Waals surface area contributed by atoms with E-state index in [1.807, 2.05) is 36.4 Å². The minimum atomic E-state index is -0.839. The van der Waals surface area contributed by atoms with E-state index in [2.05, 4.69) is 5.32 Å². The van der Waals surface area contributed by atoms with Crippen molar-refractivity contribution < 1.29 is 28.7 Å². The van der Waals surface area contributed by atoms with Crippen molar-refractivity contribution in [2.45, 2.75) is 6.54 Å². The van der Waals surface area contributed by atoms with Crippen molar-refractivity contribution in [1.29, 1.82) is 5.26 Å². The fraction of sp³-hybridized carbons (Fsp3) is 0.107. The zero-order valence-electron chi connectivity index (χ0n) is 19.8. The lowest BCUT2D eigenvalue weighted by Crippen LogP contribution is -2.36. The Labute approximate surface area is 212 Å². The first-order valence-electron chi connectivity index (χ1n) is 11.2. The van der Waals surface area contributed by atoms with Crippen molar-refractivity contribution in [3.05, 3.63) is 101 Å². The van der Waals surface area contributed by atoms with Crippen molar-refractivity contribution in [3.8, 4) is 17.6 Å². The number of imide groups is 1. The highest BCUT2D eigenvalue weighted by atomic mass is 16.6. The van der Waals surface area contributed by atoms with Crippen LogP contribution in [0.2, 0.25) is 0 Å². The van der Waals surface area contributed by atoms with Gasteiger partial charge in [-0.25, -0.2) is 4.79 Å². The average molecular weight is 495 g/mol. The van der Waals surface area contributed by atoms with E-state index < -0.39 is 30.2 Å². The van der Waals surface area contributed by atoms with Gasteiger partial charge in [-0.2, -0.15) is 5.26 Å². The zero-order chi connectivity index (χ0) is 26.4. The van der Waals surface area contributed by atoms with Gasteiger partial charge in [0.25, 0.3) is 17.7 Å². The molecule has 0 saturated carbocycles. The Morgan fingerprint density at radius 1 is 0.946 bits per heavy atom. The third-order valence-electron chi connectivity index (χ3n) is 5.55. The molecular weight excluding hydrogens is 474 g/mol. The van der Waals surface area contributed by atoms with Gasteiger partial charge in [-0.3, -0.25) is 19.3 Å². The van der Waals surface area contributed by atoms with Gasteiger partial charge in [-0.15, -0.1) is 0 Å². The number of carbonyl (C=O) groups is 4. The topological polar surface area (TPSA) is 126 Å². The molecule has 0 atom stereocenters. The molecule has 4 rings (SSSR count). The van der Waals surface area contributed by atoms with Gasteiger partial charge in [0.2, 0.25) is 0 Å². The number of nitriles is 1. The van der Waals surface area contributed by atoms with Gasteiger partial charge in [-0.05, 0) is 41.5 Å². The quantitative estimate of drug-likeness (QED) is 0.167. The second kappa shape index (κ2) is 11.0. The van der Waals surface area contributed by atoms with E-state index in [0.29, 0.717) is 5.56 Å². The number of hydrogen-bond acceptors (Lipinski definition) is 7. The number of rotatable bonds is 8. The van der Waals surface area contributed by atoms with Crippen molar-refractivity contribution in [3.63, 3.8) is 0 Å². The number of nitrogens with zero attached hydrogens (tertiary/aromatic N) is 2. The van der Waals surface area contributed by atoms with E-state index in [1.165, 1.54) is 43.5 Å². The Balaban J connectivity index is 1.43. The van der Waals surface area contributed by atoms with Crippen LogP contribution in [0.5, 0.6) is 11.5 Å². The Bertz CT molecular complexity index is 1420. The molecule has 0 bridgehead atoms. The van der Waals surface area contributed by atoms with Crippen LogP contribution < -0.4 is 14.8 Å². The zero-order valence-corrected chi connectivity index (χ0v) is 19.8. The van der Waals surface area contributed by atoms with Crippen LogP contribution in [0.4, 0.5) is 0 Å². The third-order valence-corrected chi connectivity index (χ3v) is 5.55. The van der Waals surface area contributed by atoms with Gasteiger partial charge >= 0.3 is 5.97 Å². The molecule has 0 aromatic heterocycles. The third kappa shape index (κ3) is 5.55. The summed E-state index contributed by atoms with van der Waals surface area (Å²) in [4.78, 5) is 50.8. The van der Waals surface area contributed by atoms with Crippen LogP contribution in [0.1, 0.15) is 31.8 Å². The van der Waals surface area contributed by atoms with E-state index in [1.54, 1.807) is 12.1 Å². The Morgan fingerprint density at radius 3 is 2.22 bits per heavy atom. The number of methoxy groups -OCH3 is 1. The molecule has 3 amide bonds. The minimum absolute atomic E-state index is 0.0493. The van der Waals surface area contributed by atoms with E-state index in [0.717, 1.165) is 10.5 Å². The van der Waals surface area contributed by atoms with Gasteiger partial charge in [0, 0.05) is 6.54 Å². The molecule has 1 aliphatic heterocycles. The van der Waals surface area contributed by atoms with Crippen LogP contribution in [0.25, 0.3) is 6.08 Å². The summed E-state index contributed by atoms with van der Waals surface area (Å²) in [5.74, 6) is -2.31. The molecule has 0 fully saturated rings. The largest absolute Gasteiger partial charge is 0.493 e. The number of esters is 1. The maximum Gasteiger partial charge on any atom is 0.331 e. The van der Waals surface area contributed by atoms with Crippen molar-refractivity contribution in [2.75, 3.05) is 13.7 Å². The number of amides is 3. The smallest absolute Gasteiger partial charge is 0.331 e. The van der Waals surface area contributed by atoms with Gasteiger partial charge in [0.1, 0.15) is 18.2 Å². The van der Waals surface area contributed by atoms with Gasteiger partial charge in [0.05, 0.1) is 18.2 Å². The van der Waals surface area contributed by atoms with Gasteiger partial charge in [-0.1, -0.05) is 48.5 Å². The summed E-state index contributed by atoms with van der Waals surface area (Å²) in [6, 6.07) is 21.9.